The fourth-order valence-electron chi connectivity index (χ4n) is 4.03. The molecule has 2 aromatic rings. The average Bonchev–Trinajstić information content (AvgIpc) is 3.32. The molecule has 0 spiro atoms. The summed E-state index contributed by atoms with van der Waals surface area (Å²) in [6, 6.07) is 16.5. The van der Waals surface area contributed by atoms with Crippen LogP contribution in [0.3, 0.4) is 0 Å². The number of hydrogen-bond donors (Lipinski definition) is 0. The van der Waals surface area contributed by atoms with Crippen molar-refractivity contribution in [2.75, 3.05) is 0 Å². The van der Waals surface area contributed by atoms with E-state index in [4.69, 9.17) is 14.2 Å². The van der Waals surface area contributed by atoms with Gasteiger partial charge in [0, 0.05) is 24.0 Å². The summed E-state index contributed by atoms with van der Waals surface area (Å²) in [5.74, 6) is 1.74. The Balaban J connectivity index is 1.32. The number of rotatable bonds is 2. The van der Waals surface area contributed by atoms with E-state index < -0.39 is 11.6 Å². The Kier molecular flexibility index (Phi) is 1.57. The molecule has 0 aromatic heterocycles. The van der Waals surface area contributed by atoms with E-state index >= 15 is 0 Å². The molecule has 2 fully saturated rings. The Hall–Kier alpha value is -2.00. The summed E-state index contributed by atoms with van der Waals surface area (Å²) in [6.07, 6.45) is 1.89. The zero-order chi connectivity index (χ0) is 13.7. The van der Waals surface area contributed by atoms with Gasteiger partial charge in [0.1, 0.15) is 11.5 Å². The molecule has 0 bridgehead atoms. The largest absolute Gasteiger partial charge is 0.461 e. The van der Waals surface area contributed by atoms with Gasteiger partial charge < -0.3 is 9.47 Å². The monoisotopic (exact) mass is 278 g/mol. The van der Waals surface area contributed by atoms with Crippen LogP contribution >= 0.6 is 0 Å². The van der Waals surface area contributed by atoms with E-state index in [9.17, 15) is 0 Å². The first-order valence-corrected chi connectivity index (χ1v) is 7.56. The smallest absolute Gasteiger partial charge is 0.222 e. The van der Waals surface area contributed by atoms with Crippen molar-refractivity contribution in [3.05, 3.63) is 59.7 Å². The van der Waals surface area contributed by atoms with Crippen LogP contribution in [0.4, 0.5) is 0 Å². The van der Waals surface area contributed by atoms with Gasteiger partial charge in [0.25, 0.3) is 0 Å². The van der Waals surface area contributed by atoms with Crippen LogP contribution in [0.25, 0.3) is 0 Å². The van der Waals surface area contributed by atoms with E-state index in [0.717, 1.165) is 24.3 Å². The highest BCUT2D eigenvalue weighted by Crippen LogP contribution is 2.70. The third-order valence-electron chi connectivity index (χ3n) is 5.22. The van der Waals surface area contributed by atoms with Gasteiger partial charge in [-0.25, -0.2) is 0 Å². The number of hydrogen-bond acceptors (Lipinski definition) is 3. The van der Waals surface area contributed by atoms with Crippen LogP contribution in [-0.4, -0.2) is 11.6 Å². The van der Waals surface area contributed by atoms with Crippen molar-refractivity contribution in [3.8, 4) is 11.5 Å². The first-order chi connectivity index (χ1) is 10.3. The predicted molar refractivity (Wildman–Crippen MR) is 75.4 cm³/mol. The first-order valence-electron chi connectivity index (χ1n) is 7.56. The zero-order valence-electron chi connectivity index (χ0n) is 11.4. The van der Waals surface area contributed by atoms with Crippen molar-refractivity contribution in [1.29, 1.82) is 0 Å². The van der Waals surface area contributed by atoms with Gasteiger partial charge in [-0.15, -0.1) is 0 Å². The van der Waals surface area contributed by atoms with Gasteiger partial charge in [-0.05, 0) is 12.1 Å². The topological polar surface area (TPSA) is 27.7 Å². The quantitative estimate of drug-likeness (QED) is 0.840. The Morgan fingerprint density at radius 1 is 0.762 bits per heavy atom. The molecule has 0 N–H and O–H groups in total. The lowest BCUT2D eigenvalue weighted by Gasteiger charge is -2.22. The van der Waals surface area contributed by atoms with Crippen molar-refractivity contribution in [2.45, 2.75) is 36.3 Å². The van der Waals surface area contributed by atoms with Crippen molar-refractivity contribution in [2.24, 2.45) is 0 Å². The van der Waals surface area contributed by atoms with E-state index in [-0.39, 0.29) is 0 Å². The highest BCUT2D eigenvalue weighted by atomic mass is 16.8. The molecule has 6 rings (SSSR count). The van der Waals surface area contributed by atoms with Gasteiger partial charge in [-0.2, -0.15) is 0 Å². The number of ether oxygens (including phenoxy) is 3. The normalized spacial score (nSPS) is 39.4. The lowest BCUT2D eigenvalue weighted by Crippen LogP contribution is -2.33. The molecule has 104 valence electrons. The van der Waals surface area contributed by atoms with Crippen LogP contribution in [0.1, 0.15) is 35.8 Å². The number of para-hydroxylation sites is 2. The molecule has 3 nitrogen and oxygen atoms in total. The first kappa shape index (κ1) is 10.7. The molecule has 2 aliphatic carbocycles. The minimum Gasteiger partial charge on any atom is -0.461 e. The second kappa shape index (κ2) is 3.09. The average molecular weight is 278 g/mol. The molecule has 21 heavy (non-hydrogen) atoms. The fourth-order valence-corrected chi connectivity index (χ4v) is 4.03. The molecule has 3 heteroatoms. The lowest BCUT2D eigenvalue weighted by atomic mass is 10.1. The van der Waals surface area contributed by atoms with E-state index in [2.05, 4.69) is 24.3 Å². The number of benzene rings is 2. The van der Waals surface area contributed by atoms with Crippen molar-refractivity contribution >= 4 is 0 Å². The van der Waals surface area contributed by atoms with Gasteiger partial charge in [0.2, 0.25) is 11.6 Å². The molecule has 4 unspecified atom stereocenters. The molecular weight excluding hydrogens is 264 g/mol. The summed E-state index contributed by atoms with van der Waals surface area (Å²) >= 11 is 0. The Morgan fingerprint density at radius 3 is 1.71 bits per heavy atom. The Morgan fingerprint density at radius 2 is 1.24 bits per heavy atom. The summed E-state index contributed by atoms with van der Waals surface area (Å²) < 4.78 is 18.7. The van der Waals surface area contributed by atoms with Crippen LogP contribution in [0, 0.1) is 0 Å². The van der Waals surface area contributed by atoms with E-state index in [1.54, 1.807) is 0 Å². The van der Waals surface area contributed by atoms with Crippen LogP contribution < -0.4 is 9.47 Å². The van der Waals surface area contributed by atoms with Crippen molar-refractivity contribution in [1.82, 2.24) is 0 Å². The second-order valence-corrected chi connectivity index (χ2v) is 6.52. The summed E-state index contributed by atoms with van der Waals surface area (Å²) in [7, 11) is 0. The molecular formula is C18H14O3. The van der Waals surface area contributed by atoms with Crippen molar-refractivity contribution < 1.29 is 14.2 Å². The van der Waals surface area contributed by atoms with Crippen LogP contribution in [0.5, 0.6) is 11.5 Å². The third-order valence-corrected chi connectivity index (χ3v) is 5.22. The molecule has 4 aliphatic rings. The van der Waals surface area contributed by atoms with E-state index in [1.165, 1.54) is 11.1 Å². The SMILES string of the molecule is c1ccc2c(c1)OC1(OC34CC3c3ccccc3O4)CC21. The lowest BCUT2D eigenvalue weighted by molar-refractivity contribution is -0.215. The summed E-state index contributed by atoms with van der Waals surface area (Å²) in [4.78, 5) is 0. The summed E-state index contributed by atoms with van der Waals surface area (Å²) in [6.45, 7) is 0. The van der Waals surface area contributed by atoms with Crippen LogP contribution in [0.2, 0.25) is 0 Å². The molecule has 2 aromatic carbocycles. The van der Waals surface area contributed by atoms with Gasteiger partial charge in [-0.1, -0.05) is 36.4 Å². The second-order valence-electron chi connectivity index (χ2n) is 6.52. The number of fused-ring (bicyclic) bond motifs is 6. The predicted octanol–water partition coefficient (Wildman–Crippen LogP) is 3.56. The maximum atomic E-state index is 6.42. The molecule has 0 saturated heterocycles. The Bertz CT molecular complexity index is 720. The van der Waals surface area contributed by atoms with Gasteiger partial charge in [0.05, 0.1) is 11.8 Å². The van der Waals surface area contributed by atoms with E-state index in [1.807, 2.05) is 24.3 Å². The minimum absolute atomic E-state index is 0.372. The molecule has 0 amide bonds. The van der Waals surface area contributed by atoms with Gasteiger partial charge in [0.15, 0.2) is 0 Å². The standard InChI is InChI=1S/C18H14O3/c1-3-7-15-11(5-1)13-9-17(13,19-15)21-18-10-14(18)12-6-2-4-8-16(12)20-18/h1-8,13-14H,9-10H2. The molecule has 2 heterocycles. The van der Waals surface area contributed by atoms with Crippen LogP contribution in [0.15, 0.2) is 48.5 Å². The molecule has 4 atom stereocenters. The molecule has 2 aliphatic heterocycles. The minimum atomic E-state index is -0.472. The fraction of sp³-hybridized carbons (Fsp3) is 0.333. The summed E-state index contributed by atoms with van der Waals surface area (Å²) in [5, 5.41) is 0. The summed E-state index contributed by atoms with van der Waals surface area (Å²) in [5.41, 5.74) is 2.56. The maximum Gasteiger partial charge on any atom is 0.222 e. The van der Waals surface area contributed by atoms with Gasteiger partial charge >= 0.3 is 0 Å². The highest BCUT2D eigenvalue weighted by molar-refractivity contribution is 5.50. The van der Waals surface area contributed by atoms with E-state index in [0.29, 0.717) is 11.8 Å². The molecule has 0 radical (unpaired) electrons. The van der Waals surface area contributed by atoms with Gasteiger partial charge in [-0.3, -0.25) is 4.74 Å². The van der Waals surface area contributed by atoms with Crippen molar-refractivity contribution in [3.63, 3.8) is 0 Å². The Labute approximate surface area is 122 Å². The van der Waals surface area contributed by atoms with Crippen LogP contribution in [-0.2, 0) is 4.74 Å². The maximum absolute atomic E-state index is 6.42. The zero-order valence-corrected chi connectivity index (χ0v) is 11.4. The molecule has 2 saturated carbocycles. The highest BCUT2D eigenvalue weighted by Gasteiger charge is 2.74. The third kappa shape index (κ3) is 1.20.